The lowest BCUT2D eigenvalue weighted by atomic mass is 9.98. The fourth-order valence-corrected chi connectivity index (χ4v) is 5.48. The van der Waals surface area contributed by atoms with Gasteiger partial charge in [0.25, 0.3) is 0 Å². The van der Waals surface area contributed by atoms with Gasteiger partial charge in [0.05, 0.1) is 0 Å². The van der Waals surface area contributed by atoms with Crippen LogP contribution in [0.3, 0.4) is 0 Å². The molecular formula is C26H28N2O5. The lowest BCUT2D eigenvalue weighted by Gasteiger charge is -2.22. The summed E-state index contributed by atoms with van der Waals surface area (Å²) in [6.07, 6.45) is 2.31. The molecule has 0 bridgehead atoms. The Hall–Kier alpha value is -3.35. The molecule has 2 amide bonds. The van der Waals surface area contributed by atoms with Crippen molar-refractivity contribution in [2.24, 2.45) is 11.8 Å². The number of fused-ring (bicyclic) bond motifs is 4. The number of hydrogen-bond donors (Lipinski definition) is 3. The van der Waals surface area contributed by atoms with Gasteiger partial charge in [-0.1, -0.05) is 48.5 Å². The third kappa shape index (κ3) is 4.45. The van der Waals surface area contributed by atoms with E-state index >= 15 is 0 Å². The minimum absolute atomic E-state index is 0.0200. The first-order valence-corrected chi connectivity index (χ1v) is 11.6. The van der Waals surface area contributed by atoms with E-state index < -0.39 is 18.1 Å². The second-order valence-electron chi connectivity index (χ2n) is 9.31. The molecule has 33 heavy (non-hydrogen) atoms. The highest BCUT2D eigenvalue weighted by Gasteiger charge is 2.48. The number of rotatable bonds is 8. The molecule has 4 atom stereocenters. The van der Waals surface area contributed by atoms with Crippen molar-refractivity contribution >= 4 is 18.0 Å². The van der Waals surface area contributed by atoms with Crippen LogP contribution in [-0.2, 0) is 14.3 Å². The molecule has 172 valence electrons. The Bertz CT molecular complexity index is 1040. The number of carboxylic acid groups (broad SMARTS) is 1. The smallest absolute Gasteiger partial charge is 0.407 e. The van der Waals surface area contributed by atoms with Crippen LogP contribution in [0.15, 0.2) is 48.5 Å². The van der Waals surface area contributed by atoms with E-state index in [0.717, 1.165) is 41.5 Å². The molecule has 0 saturated heterocycles. The molecule has 0 aliphatic heterocycles. The van der Waals surface area contributed by atoms with Gasteiger partial charge in [-0.3, -0.25) is 9.59 Å². The Morgan fingerprint density at radius 2 is 1.67 bits per heavy atom. The Morgan fingerprint density at radius 3 is 2.24 bits per heavy atom. The molecular weight excluding hydrogens is 420 g/mol. The molecule has 2 aromatic rings. The number of carboxylic acids is 1. The van der Waals surface area contributed by atoms with Gasteiger partial charge in [0.1, 0.15) is 12.6 Å². The van der Waals surface area contributed by atoms with Gasteiger partial charge in [0.15, 0.2) is 0 Å². The molecule has 5 rings (SSSR count). The molecule has 2 fully saturated rings. The lowest BCUT2D eigenvalue weighted by Crippen LogP contribution is -2.50. The zero-order valence-corrected chi connectivity index (χ0v) is 18.3. The van der Waals surface area contributed by atoms with E-state index in [-0.39, 0.29) is 37.3 Å². The van der Waals surface area contributed by atoms with E-state index in [1.54, 1.807) is 0 Å². The van der Waals surface area contributed by atoms with E-state index in [9.17, 15) is 14.4 Å². The number of carbonyl (C=O) groups excluding carboxylic acids is 2. The molecule has 3 N–H and O–H groups in total. The number of carbonyl (C=O) groups is 3. The van der Waals surface area contributed by atoms with Crippen LogP contribution in [0.1, 0.15) is 49.1 Å². The molecule has 3 aliphatic carbocycles. The van der Waals surface area contributed by atoms with Crippen LogP contribution in [0.4, 0.5) is 4.79 Å². The number of aliphatic carboxylic acids is 1. The summed E-state index contributed by atoms with van der Waals surface area (Å²) in [7, 11) is 0. The van der Waals surface area contributed by atoms with Crippen LogP contribution in [0.2, 0.25) is 0 Å². The van der Waals surface area contributed by atoms with Crippen molar-refractivity contribution in [3.05, 3.63) is 59.7 Å². The lowest BCUT2D eigenvalue weighted by molar-refractivity contribution is -0.137. The quantitative estimate of drug-likeness (QED) is 0.572. The normalized spacial score (nSPS) is 23.1. The predicted molar refractivity (Wildman–Crippen MR) is 122 cm³/mol. The fraction of sp³-hybridized carbons (Fsp3) is 0.423. The van der Waals surface area contributed by atoms with Crippen LogP contribution >= 0.6 is 0 Å². The Kier molecular flexibility index (Phi) is 5.79. The molecule has 0 aromatic heterocycles. The minimum Gasteiger partial charge on any atom is -0.481 e. The minimum atomic E-state index is -1.01. The Morgan fingerprint density at radius 1 is 1.00 bits per heavy atom. The number of benzene rings is 2. The molecule has 0 radical (unpaired) electrons. The van der Waals surface area contributed by atoms with Crippen molar-refractivity contribution in [3.8, 4) is 11.1 Å². The topological polar surface area (TPSA) is 105 Å². The second-order valence-corrected chi connectivity index (χ2v) is 9.31. The van der Waals surface area contributed by atoms with Crippen molar-refractivity contribution in [2.45, 2.75) is 50.1 Å². The van der Waals surface area contributed by atoms with Crippen molar-refractivity contribution in [1.82, 2.24) is 10.6 Å². The van der Waals surface area contributed by atoms with Crippen LogP contribution in [0, 0.1) is 11.8 Å². The summed E-state index contributed by atoms with van der Waals surface area (Å²) in [6.45, 7) is 0.138. The molecule has 0 heterocycles. The van der Waals surface area contributed by atoms with Crippen LogP contribution in [0.5, 0.6) is 0 Å². The first kappa shape index (κ1) is 21.5. The van der Waals surface area contributed by atoms with Crippen molar-refractivity contribution in [2.75, 3.05) is 6.61 Å². The van der Waals surface area contributed by atoms with E-state index in [1.807, 2.05) is 36.4 Å². The third-order valence-electron chi connectivity index (χ3n) is 7.27. The van der Waals surface area contributed by atoms with Gasteiger partial charge >= 0.3 is 12.1 Å². The summed E-state index contributed by atoms with van der Waals surface area (Å²) in [5, 5.41) is 14.7. The molecule has 3 aliphatic rings. The maximum atomic E-state index is 12.8. The number of hydrogen-bond acceptors (Lipinski definition) is 4. The predicted octanol–water partition coefficient (Wildman–Crippen LogP) is 3.67. The third-order valence-corrected chi connectivity index (χ3v) is 7.27. The van der Waals surface area contributed by atoms with Gasteiger partial charge in [0, 0.05) is 18.4 Å². The Labute approximate surface area is 192 Å². The highest BCUT2D eigenvalue weighted by Crippen LogP contribution is 2.51. The largest absolute Gasteiger partial charge is 0.481 e. The highest BCUT2D eigenvalue weighted by atomic mass is 16.5. The summed E-state index contributed by atoms with van der Waals surface area (Å²) >= 11 is 0. The van der Waals surface area contributed by atoms with E-state index in [2.05, 4.69) is 22.8 Å². The Balaban J connectivity index is 1.22. The van der Waals surface area contributed by atoms with Crippen LogP contribution < -0.4 is 10.6 Å². The number of amides is 2. The molecule has 2 unspecified atom stereocenters. The number of nitrogens with one attached hydrogen (secondary N) is 2. The number of ether oxygens (including phenoxy) is 1. The first-order chi connectivity index (χ1) is 16.0. The summed E-state index contributed by atoms with van der Waals surface area (Å²) < 4.78 is 5.55. The van der Waals surface area contributed by atoms with E-state index in [1.165, 1.54) is 0 Å². The maximum Gasteiger partial charge on any atom is 0.407 e. The first-order valence-electron chi connectivity index (χ1n) is 11.6. The SMILES string of the molecule is O=C(O)CCC(NC(=O)OCC1c2ccccc2-c2ccccc21)C(=O)NC1CC[C@@H]2C[C@H]12. The monoisotopic (exact) mass is 448 g/mol. The molecule has 7 nitrogen and oxygen atoms in total. The standard InChI is InChI=1S/C26H28N2O5/c29-24(30)12-11-23(25(31)27-22-10-9-15-13-20(15)22)28-26(32)33-14-21-18-7-3-1-5-16(18)17-6-2-4-8-19(17)21/h1-8,15,20-23H,9-14H2,(H,27,31)(H,28,32)(H,29,30)/t15-,20+,22?,23?/m1/s1. The van der Waals surface area contributed by atoms with Gasteiger partial charge in [-0.15, -0.1) is 0 Å². The maximum absolute atomic E-state index is 12.8. The molecule has 2 aromatic carbocycles. The highest BCUT2D eigenvalue weighted by molar-refractivity contribution is 5.86. The average molecular weight is 449 g/mol. The summed E-state index contributed by atoms with van der Waals surface area (Å²) in [5.41, 5.74) is 4.48. The van der Waals surface area contributed by atoms with Gasteiger partial charge < -0.3 is 20.5 Å². The van der Waals surface area contributed by atoms with Gasteiger partial charge in [-0.05, 0) is 59.8 Å². The average Bonchev–Trinajstić information content (AvgIpc) is 3.39. The van der Waals surface area contributed by atoms with E-state index in [4.69, 9.17) is 9.84 Å². The summed E-state index contributed by atoms with van der Waals surface area (Å²) in [4.78, 5) is 36.5. The van der Waals surface area contributed by atoms with Crippen molar-refractivity contribution in [1.29, 1.82) is 0 Å². The van der Waals surface area contributed by atoms with Crippen LogP contribution in [-0.4, -0.2) is 41.8 Å². The number of alkyl carbamates (subject to hydrolysis) is 1. The fourth-order valence-electron chi connectivity index (χ4n) is 5.48. The molecule has 7 heteroatoms. The van der Waals surface area contributed by atoms with Crippen LogP contribution in [0.25, 0.3) is 11.1 Å². The summed E-state index contributed by atoms with van der Waals surface area (Å²) in [5.74, 6) is -0.182. The van der Waals surface area contributed by atoms with Gasteiger partial charge in [-0.25, -0.2) is 4.79 Å². The second kappa shape index (κ2) is 8.89. The summed E-state index contributed by atoms with van der Waals surface area (Å²) in [6, 6.07) is 15.3. The van der Waals surface area contributed by atoms with Crippen molar-refractivity contribution in [3.63, 3.8) is 0 Å². The van der Waals surface area contributed by atoms with E-state index in [0.29, 0.717) is 11.8 Å². The zero-order chi connectivity index (χ0) is 22.9. The molecule has 0 spiro atoms. The molecule has 2 saturated carbocycles. The van der Waals surface area contributed by atoms with Crippen molar-refractivity contribution < 1.29 is 24.2 Å². The van der Waals surface area contributed by atoms with Gasteiger partial charge in [0.2, 0.25) is 5.91 Å². The van der Waals surface area contributed by atoms with Gasteiger partial charge in [-0.2, -0.15) is 0 Å². The zero-order valence-electron chi connectivity index (χ0n) is 18.3.